The summed E-state index contributed by atoms with van der Waals surface area (Å²) in [7, 11) is -1.60. The lowest BCUT2D eigenvalue weighted by Gasteiger charge is -2.33. The monoisotopic (exact) mass is 633 g/mol. The number of sulfonamides is 1. The van der Waals surface area contributed by atoms with Crippen LogP contribution in [0.4, 0.5) is 10.1 Å². The van der Waals surface area contributed by atoms with Gasteiger partial charge in [0.05, 0.1) is 24.8 Å². The summed E-state index contributed by atoms with van der Waals surface area (Å²) < 4.78 is 53.4. The Labute approximate surface area is 257 Å². The Balaban J connectivity index is 2.09. The average Bonchev–Trinajstić information content (AvgIpc) is 3.00. The molecule has 0 aromatic heterocycles. The van der Waals surface area contributed by atoms with Crippen LogP contribution in [0.2, 0.25) is 5.02 Å². The quantitative estimate of drug-likeness (QED) is 0.254. The molecule has 0 aliphatic heterocycles. The first-order valence-electron chi connectivity index (χ1n) is 13.8. The molecule has 0 saturated carbocycles. The predicted molar refractivity (Wildman–Crippen MR) is 164 cm³/mol. The topological polar surface area (TPSA) is 105 Å². The minimum atomic E-state index is -4.40. The molecule has 43 heavy (non-hydrogen) atoms. The number of halogens is 2. The van der Waals surface area contributed by atoms with Crippen LogP contribution in [0.3, 0.4) is 0 Å². The van der Waals surface area contributed by atoms with E-state index in [1.807, 2.05) is 13.8 Å². The van der Waals surface area contributed by atoms with E-state index in [1.54, 1.807) is 31.2 Å². The first kappa shape index (κ1) is 33.7. The highest BCUT2D eigenvalue weighted by Gasteiger charge is 2.34. The SMILES string of the molecule is CC[C@@H](C)NC(=O)[C@@H](CC)N(Cc1ccc(Cl)cc1)C(=O)CN(c1ccc(F)cc1)S(=O)(=O)c1ccc(OC)c(OC)c1. The summed E-state index contributed by atoms with van der Waals surface area (Å²) in [5.41, 5.74) is 0.761. The van der Waals surface area contributed by atoms with Gasteiger partial charge < -0.3 is 19.7 Å². The zero-order chi connectivity index (χ0) is 31.7. The number of nitrogens with one attached hydrogen (secondary N) is 1. The van der Waals surface area contributed by atoms with E-state index in [0.29, 0.717) is 22.8 Å². The number of benzene rings is 3. The van der Waals surface area contributed by atoms with Gasteiger partial charge in [-0.25, -0.2) is 12.8 Å². The zero-order valence-electron chi connectivity index (χ0n) is 24.8. The molecule has 12 heteroatoms. The second-order valence-electron chi connectivity index (χ2n) is 9.89. The summed E-state index contributed by atoms with van der Waals surface area (Å²) in [5, 5.41) is 3.43. The van der Waals surface area contributed by atoms with Crippen LogP contribution >= 0.6 is 11.6 Å². The van der Waals surface area contributed by atoms with Gasteiger partial charge in [0.2, 0.25) is 11.8 Å². The molecule has 232 valence electrons. The Kier molecular flexibility index (Phi) is 11.8. The van der Waals surface area contributed by atoms with E-state index in [1.165, 1.54) is 49.5 Å². The van der Waals surface area contributed by atoms with Crippen LogP contribution < -0.4 is 19.1 Å². The molecule has 0 bridgehead atoms. The summed E-state index contributed by atoms with van der Waals surface area (Å²) in [6, 6.07) is 14.6. The van der Waals surface area contributed by atoms with Crippen molar-refractivity contribution in [2.75, 3.05) is 25.1 Å². The first-order valence-corrected chi connectivity index (χ1v) is 15.6. The molecule has 0 radical (unpaired) electrons. The van der Waals surface area contributed by atoms with E-state index >= 15 is 0 Å². The standard InChI is InChI=1S/C31H37ClFN3O6S/c1-6-21(3)34-31(38)27(7-2)35(19-22-8-10-23(32)11-9-22)30(37)20-36(25-14-12-24(33)13-15-25)43(39,40)26-16-17-28(41-4)29(18-26)42-5/h8-18,21,27H,6-7,19-20H2,1-5H3,(H,34,38)/t21-,27-/m1/s1. The summed E-state index contributed by atoms with van der Waals surface area (Å²) in [5.74, 6) is -1.07. The third-order valence-electron chi connectivity index (χ3n) is 6.99. The summed E-state index contributed by atoms with van der Waals surface area (Å²) >= 11 is 6.06. The zero-order valence-corrected chi connectivity index (χ0v) is 26.4. The van der Waals surface area contributed by atoms with Crippen LogP contribution in [0.5, 0.6) is 11.5 Å². The second-order valence-corrected chi connectivity index (χ2v) is 12.2. The van der Waals surface area contributed by atoms with Crippen molar-refractivity contribution < 1.29 is 31.9 Å². The van der Waals surface area contributed by atoms with Crippen molar-refractivity contribution in [2.45, 2.75) is 57.1 Å². The number of carbonyl (C=O) groups is 2. The lowest BCUT2D eigenvalue weighted by Crippen LogP contribution is -2.53. The smallest absolute Gasteiger partial charge is 0.264 e. The molecule has 0 spiro atoms. The fourth-order valence-electron chi connectivity index (χ4n) is 4.39. The van der Waals surface area contributed by atoms with Crippen LogP contribution in [-0.2, 0) is 26.2 Å². The molecular weight excluding hydrogens is 597 g/mol. The Bertz CT molecular complexity index is 1500. The van der Waals surface area contributed by atoms with Gasteiger partial charge in [0.15, 0.2) is 11.5 Å². The predicted octanol–water partition coefficient (Wildman–Crippen LogP) is 5.41. The molecule has 3 aromatic rings. The van der Waals surface area contributed by atoms with Crippen molar-refractivity contribution in [3.8, 4) is 11.5 Å². The van der Waals surface area contributed by atoms with Crippen LogP contribution in [0.1, 0.15) is 39.2 Å². The molecule has 0 fully saturated rings. The third kappa shape index (κ3) is 8.39. The summed E-state index contributed by atoms with van der Waals surface area (Å²) in [4.78, 5) is 28.7. The van der Waals surface area contributed by atoms with E-state index in [4.69, 9.17) is 21.1 Å². The van der Waals surface area contributed by atoms with Gasteiger partial charge in [0.1, 0.15) is 18.4 Å². The van der Waals surface area contributed by atoms with E-state index < -0.39 is 34.3 Å². The highest BCUT2D eigenvalue weighted by Crippen LogP contribution is 2.32. The molecule has 0 aliphatic carbocycles. The van der Waals surface area contributed by atoms with Crippen molar-refractivity contribution in [3.63, 3.8) is 0 Å². The average molecular weight is 634 g/mol. The molecule has 0 saturated heterocycles. The van der Waals surface area contributed by atoms with Gasteiger partial charge in [-0.2, -0.15) is 0 Å². The van der Waals surface area contributed by atoms with Crippen LogP contribution in [0, 0.1) is 5.82 Å². The maximum Gasteiger partial charge on any atom is 0.264 e. The highest BCUT2D eigenvalue weighted by atomic mass is 35.5. The van der Waals surface area contributed by atoms with Gasteiger partial charge in [-0.3, -0.25) is 13.9 Å². The molecule has 1 N–H and O–H groups in total. The fourth-order valence-corrected chi connectivity index (χ4v) is 5.94. The molecular formula is C31H37ClFN3O6S. The minimum Gasteiger partial charge on any atom is -0.493 e. The van der Waals surface area contributed by atoms with Crippen molar-refractivity contribution in [3.05, 3.63) is 83.1 Å². The van der Waals surface area contributed by atoms with Gasteiger partial charge in [-0.05, 0) is 73.9 Å². The number of methoxy groups -OCH3 is 2. The molecule has 2 amide bonds. The normalized spacial score (nSPS) is 12.6. The third-order valence-corrected chi connectivity index (χ3v) is 9.01. The second kappa shape index (κ2) is 15.1. The molecule has 0 unspecified atom stereocenters. The van der Waals surface area contributed by atoms with Crippen molar-refractivity contribution >= 4 is 39.1 Å². The lowest BCUT2D eigenvalue weighted by molar-refractivity contribution is -0.140. The Hall–Kier alpha value is -3.83. The number of ether oxygens (including phenoxy) is 2. The van der Waals surface area contributed by atoms with E-state index in [0.717, 1.165) is 16.4 Å². The van der Waals surface area contributed by atoms with Crippen molar-refractivity contribution in [2.24, 2.45) is 0 Å². The van der Waals surface area contributed by atoms with Gasteiger partial charge in [-0.15, -0.1) is 0 Å². The van der Waals surface area contributed by atoms with Crippen molar-refractivity contribution in [1.29, 1.82) is 0 Å². The summed E-state index contributed by atoms with van der Waals surface area (Å²) in [6.07, 6.45) is 0.968. The number of amides is 2. The van der Waals surface area contributed by atoms with Gasteiger partial charge in [0.25, 0.3) is 10.0 Å². The Morgan fingerprint density at radius 3 is 2.12 bits per heavy atom. The molecule has 2 atom stereocenters. The number of anilines is 1. The molecule has 9 nitrogen and oxygen atoms in total. The number of rotatable bonds is 14. The number of carbonyl (C=O) groups excluding carboxylic acids is 2. The van der Waals surface area contributed by atoms with Gasteiger partial charge >= 0.3 is 0 Å². The Morgan fingerprint density at radius 1 is 0.930 bits per heavy atom. The van der Waals surface area contributed by atoms with Crippen LogP contribution in [0.25, 0.3) is 0 Å². The highest BCUT2D eigenvalue weighted by molar-refractivity contribution is 7.92. The molecule has 0 heterocycles. The van der Waals surface area contributed by atoms with Crippen molar-refractivity contribution in [1.82, 2.24) is 10.2 Å². The maximum atomic E-state index is 14.1. The van der Waals surface area contributed by atoms with E-state index in [-0.39, 0.29) is 41.2 Å². The van der Waals surface area contributed by atoms with E-state index in [2.05, 4.69) is 5.32 Å². The molecule has 3 rings (SSSR count). The number of nitrogens with zero attached hydrogens (tertiary/aromatic N) is 2. The van der Waals surface area contributed by atoms with E-state index in [9.17, 15) is 22.4 Å². The maximum absolute atomic E-state index is 14.1. The van der Waals surface area contributed by atoms with Gasteiger partial charge in [-0.1, -0.05) is 37.6 Å². The fraction of sp³-hybridized carbons (Fsp3) is 0.355. The molecule has 0 aliphatic rings. The van der Waals surface area contributed by atoms with Crippen LogP contribution in [-0.4, -0.2) is 58.0 Å². The Morgan fingerprint density at radius 2 is 1.56 bits per heavy atom. The molecule has 3 aromatic carbocycles. The number of hydrogen-bond donors (Lipinski definition) is 1. The largest absolute Gasteiger partial charge is 0.493 e. The number of hydrogen-bond acceptors (Lipinski definition) is 6. The first-order chi connectivity index (χ1) is 20.4. The lowest BCUT2D eigenvalue weighted by atomic mass is 10.1. The van der Waals surface area contributed by atoms with Crippen LogP contribution in [0.15, 0.2) is 71.6 Å². The summed E-state index contributed by atoms with van der Waals surface area (Å²) in [6.45, 7) is 4.93. The minimum absolute atomic E-state index is 0.0239. The van der Waals surface area contributed by atoms with Gasteiger partial charge in [0, 0.05) is 23.7 Å².